The van der Waals surface area contributed by atoms with E-state index in [4.69, 9.17) is 14.5 Å². The van der Waals surface area contributed by atoms with E-state index in [1.54, 1.807) is 7.11 Å². The predicted molar refractivity (Wildman–Crippen MR) is 96.4 cm³/mol. The van der Waals surface area contributed by atoms with Crippen molar-refractivity contribution in [2.45, 2.75) is 6.92 Å². The second-order valence-corrected chi connectivity index (χ2v) is 7.97. The average molecular weight is 366 g/mol. The molecule has 2 N–H and O–H groups in total. The van der Waals surface area contributed by atoms with E-state index in [1.165, 1.54) is 0 Å². The molecule has 0 bridgehead atoms. The molecule has 3 rings (SSSR count). The van der Waals surface area contributed by atoms with Crippen LogP contribution in [0.4, 0.5) is 5.82 Å². The number of methoxy groups -OCH3 is 1. The minimum atomic E-state index is -3.94. The van der Waals surface area contributed by atoms with Crippen LogP contribution in [0.3, 0.4) is 0 Å². The lowest BCUT2D eigenvalue weighted by molar-refractivity contribution is 0.264. The zero-order valence-electron chi connectivity index (χ0n) is 14.4. The van der Waals surface area contributed by atoms with Gasteiger partial charge < -0.3 is 19.4 Å². The molecule has 2 heterocycles. The van der Waals surface area contributed by atoms with Crippen LogP contribution >= 0.6 is 7.60 Å². The summed E-state index contributed by atoms with van der Waals surface area (Å²) in [6.07, 6.45) is -0.0949. The number of anilines is 1. The second-order valence-electron chi connectivity index (χ2n) is 6.19. The van der Waals surface area contributed by atoms with Gasteiger partial charge in [0.1, 0.15) is 17.4 Å². The molecule has 1 aliphatic heterocycles. The van der Waals surface area contributed by atoms with Crippen molar-refractivity contribution in [2.75, 3.05) is 50.9 Å². The topological polar surface area (TPSA) is 99.0 Å². The molecule has 0 atom stereocenters. The lowest BCUT2D eigenvalue weighted by Gasteiger charge is -2.35. The summed E-state index contributed by atoms with van der Waals surface area (Å²) in [5, 5.41) is 0.982. The molecule has 8 nitrogen and oxygen atoms in total. The van der Waals surface area contributed by atoms with Crippen LogP contribution in [-0.4, -0.2) is 70.7 Å². The normalized spacial score (nSPS) is 16.4. The van der Waals surface area contributed by atoms with Crippen molar-refractivity contribution in [3.05, 3.63) is 24.0 Å². The first-order chi connectivity index (χ1) is 11.9. The standard InChI is InChI=1S/C16H23N4O4P/c1-12-17-15-11-13(24-2)3-4-14(15)16(18-12)20-7-5-19(6-8-20)9-10-25(21,22)23/h3-4,11H,5-10H2,1-2H3,(H2,21,22,23). The van der Waals surface area contributed by atoms with E-state index in [-0.39, 0.29) is 6.16 Å². The highest BCUT2D eigenvalue weighted by atomic mass is 31.2. The van der Waals surface area contributed by atoms with Crippen molar-refractivity contribution < 1.29 is 19.1 Å². The number of nitrogens with zero attached hydrogens (tertiary/aromatic N) is 4. The van der Waals surface area contributed by atoms with Gasteiger partial charge in [-0.2, -0.15) is 0 Å². The Morgan fingerprint density at radius 3 is 2.56 bits per heavy atom. The van der Waals surface area contributed by atoms with Gasteiger partial charge in [-0.3, -0.25) is 9.46 Å². The molecule has 0 saturated carbocycles. The van der Waals surface area contributed by atoms with Gasteiger partial charge in [0.2, 0.25) is 0 Å². The third-order valence-electron chi connectivity index (χ3n) is 4.38. The Kier molecular flexibility index (Phi) is 5.24. The third kappa shape index (κ3) is 4.46. The largest absolute Gasteiger partial charge is 0.497 e. The maximum absolute atomic E-state index is 11.0. The summed E-state index contributed by atoms with van der Waals surface area (Å²) in [5.74, 6) is 2.37. The Balaban J connectivity index is 1.76. The van der Waals surface area contributed by atoms with Gasteiger partial charge >= 0.3 is 7.60 Å². The van der Waals surface area contributed by atoms with E-state index in [2.05, 4.69) is 19.8 Å². The maximum atomic E-state index is 11.0. The van der Waals surface area contributed by atoms with Gasteiger partial charge in [-0.1, -0.05) is 0 Å². The van der Waals surface area contributed by atoms with Crippen molar-refractivity contribution in [1.29, 1.82) is 0 Å². The second kappa shape index (κ2) is 7.25. The van der Waals surface area contributed by atoms with Crippen molar-refractivity contribution in [3.63, 3.8) is 0 Å². The van der Waals surface area contributed by atoms with Crippen LogP contribution in [0.15, 0.2) is 18.2 Å². The van der Waals surface area contributed by atoms with E-state index in [9.17, 15) is 4.57 Å². The van der Waals surface area contributed by atoms with Crippen molar-refractivity contribution in [2.24, 2.45) is 0 Å². The average Bonchev–Trinajstić information content (AvgIpc) is 2.58. The number of fused-ring (bicyclic) bond motifs is 1. The molecule has 1 aromatic carbocycles. The summed E-state index contributed by atoms with van der Waals surface area (Å²) < 4.78 is 16.3. The minimum Gasteiger partial charge on any atom is -0.497 e. The van der Waals surface area contributed by atoms with Gasteiger partial charge in [0.25, 0.3) is 0 Å². The zero-order chi connectivity index (χ0) is 18.0. The van der Waals surface area contributed by atoms with Crippen LogP contribution < -0.4 is 9.64 Å². The van der Waals surface area contributed by atoms with E-state index < -0.39 is 7.60 Å². The first kappa shape index (κ1) is 18.1. The molecule has 25 heavy (non-hydrogen) atoms. The number of hydrogen-bond acceptors (Lipinski definition) is 6. The minimum absolute atomic E-state index is 0.0949. The highest BCUT2D eigenvalue weighted by Gasteiger charge is 2.22. The van der Waals surface area contributed by atoms with Crippen molar-refractivity contribution in [3.8, 4) is 5.75 Å². The molecule has 1 fully saturated rings. The van der Waals surface area contributed by atoms with E-state index in [0.29, 0.717) is 12.4 Å². The Morgan fingerprint density at radius 2 is 1.92 bits per heavy atom. The van der Waals surface area contributed by atoms with Gasteiger partial charge in [0.15, 0.2) is 0 Å². The highest BCUT2D eigenvalue weighted by molar-refractivity contribution is 7.51. The Hall–Kier alpha value is -1.73. The molecule has 0 amide bonds. The van der Waals surface area contributed by atoms with Crippen LogP contribution in [0.5, 0.6) is 5.75 Å². The highest BCUT2D eigenvalue weighted by Crippen LogP contribution is 2.34. The van der Waals surface area contributed by atoms with Gasteiger partial charge in [-0.15, -0.1) is 0 Å². The Morgan fingerprint density at radius 1 is 1.20 bits per heavy atom. The molecule has 136 valence electrons. The molecular formula is C16H23N4O4P. The number of hydrogen-bond donors (Lipinski definition) is 2. The molecule has 1 aliphatic rings. The molecule has 2 aromatic rings. The van der Waals surface area contributed by atoms with Crippen LogP contribution in [0, 0.1) is 6.92 Å². The smallest absolute Gasteiger partial charge is 0.326 e. The number of benzene rings is 1. The summed E-state index contributed by atoms with van der Waals surface area (Å²) in [6, 6.07) is 5.79. The van der Waals surface area contributed by atoms with Gasteiger partial charge in [-0.05, 0) is 19.1 Å². The first-order valence-electron chi connectivity index (χ1n) is 8.20. The third-order valence-corrected chi connectivity index (χ3v) is 5.16. The molecule has 0 spiro atoms. The molecule has 0 aliphatic carbocycles. The van der Waals surface area contributed by atoms with Gasteiger partial charge in [0.05, 0.1) is 18.8 Å². The molecule has 0 unspecified atom stereocenters. The zero-order valence-corrected chi connectivity index (χ0v) is 15.3. The molecule has 1 saturated heterocycles. The van der Waals surface area contributed by atoms with Crippen LogP contribution in [0.25, 0.3) is 10.9 Å². The number of aryl methyl sites for hydroxylation is 1. The summed E-state index contributed by atoms with van der Waals surface area (Å²) in [6.45, 7) is 5.32. The monoisotopic (exact) mass is 366 g/mol. The lowest BCUT2D eigenvalue weighted by atomic mass is 10.2. The van der Waals surface area contributed by atoms with Crippen molar-refractivity contribution >= 4 is 24.3 Å². The SMILES string of the molecule is COc1ccc2c(N3CCN(CCP(=O)(O)O)CC3)nc(C)nc2c1. The lowest BCUT2D eigenvalue weighted by Crippen LogP contribution is -2.47. The van der Waals surface area contributed by atoms with E-state index in [1.807, 2.05) is 25.1 Å². The summed E-state index contributed by atoms with van der Waals surface area (Å²) in [7, 11) is -2.31. The Labute approximate surface area is 146 Å². The molecule has 9 heteroatoms. The fourth-order valence-corrected chi connectivity index (χ4v) is 3.57. The summed E-state index contributed by atoms with van der Waals surface area (Å²) >= 11 is 0. The Bertz CT molecular complexity index is 802. The number of rotatable bonds is 5. The van der Waals surface area contributed by atoms with Gasteiger partial charge in [-0.25, -0.2) is 9.97 Å². The van der Waals surface area contributed by atoms with E-state index in [0.717, 1.165) is 48.6 Å². The van der Waals surface area contributed by atoms with Crippen molar-refractivity contribution in [1.82, 2.24) is 14.9 Å². The quantitative estimate of drug-likeness (QED) is 0.763. The fourth-order valence-electron chi connectivity index (χ4n) is 3.03. The van der Waals surface area contributed by atoms with E-state index >= 15 is 0 Å². The molecule has 0 radical (unpaired) electrons. The van der Waals surface area contributed by atoms with Crippen LogP contribution in [0.1, 0.15) is 5.82 Å². The maximum Gasteiger partial charge on any atom is 0.326 e. The molecule has 1 aromatic heterocycles. The number of ether oxygens (including phenoxy) is 1. The molecular weight excluding hydrogens is 343 g/mol. The first-order valence-corrected chi connectivity index (χ1v) is 10.00. The predicted octanol–water partition coefficient (Wildman–Crippen LogP) is 1.25. The fraction of sp³-hybridized carbons (Fsp3) is 0.500. The van der Waals surface area contributed by atoms with Crippen LogP contribution in [-0.2, 0) is 4.57 Å². The summed E-state index contributed by atoms with van der Waals surface area (Å²) in [5.41, 5.74) is 0.853. The van der Waals surface area contributed by atoms with Crippen LogP contribution in [0.2, 0.25) is 0 Å². The number of aromatic nitrogens is 2. The van der Waals surface area contributed by atoms with Gasteiger partial charge in [0, 0.05) is 44.2 Å². The number of piperazine rings is 1. The summed E-state index contributed by atoms with van der Waals surface area (Å²) in [4.78, 5) is 31.4.